The van der Waals surface area contributed by atoms with Gasteiger partial charge in [0.25, 0.3) is 0 Å². The second kappa shape index (κ2) is 2.90. The molecule has 0 bridgehead atoms. The molecule has 0 aromatic carbocycles. The molecule has 1 heterocycles. The first-order valence-corrected chi connectivity index (χ1v) is 4.51. The molecule has 66 valence electrons. The van der Waals surface area contributed by atoms with E-state index in [2.05, 4.69) is 5.10 Å². The summed E-state index contributed by atoms with van der Waals surface area (Å²) < 4.78 is 1.98. The van der Waals surface area contributed by atoms with Crippen LogP contribution in [0.4, 0.5) is 0 Å². The predicted molar refractivity (Wildman–Crippen MR) is 47.8 cm³/mol. The van der Waals surface area contributed by atoms with Crippen LogP contribution < -0.4 is 5.73 Å². The van der Waals surface area contributed by atoms with Gasteiger partial charge in [0.15, 0.2) is 0 Å². The number of aromatic nitrogens is 2. The minimum Gasteiger partial charge on any atom is -0.330 e. The van der Waals surface area contributed by atoms with Crippen LogP contribution in [-0.2, 0) is 19.9 Å². The van der Waals surface area contributed by atoms with E-state index in [1.54, 1.807) is 0 Å². The molecule has 1 aliphatic rings. The summed E-state index contributed by atoms with van der Waals surface area (Å²) in [7, 11) is 2.01. The predicted octanol–water partition coefficient (Wildman–Crippen LogP) is 0.484. The van der Waals surface area contributed by atoms with E-state index < -0.39 is 0 Å². The van der Waals surface area contributed by atoms with Crippen LogP contribution >= 0.6 is 0 Å². The number of nitrogens with two attached hydrogens (primary N) is 1. The normalized spacial score (nSPS) is 22.3. The molecule has 1 aromatic rings. The maximum atomic E-state index is 5.65. The van der Waals surface area contributed by atoms with Gasteiger partial charge in [0.05, 0.1) is 6.20 Å². The molecule has 0 spiro atoms. The molecule has 1 aromatic heterocycles. The van der Waals surface area contributed by atoms with E-state index >= 15 is 0 Å². The van der Waals surface area contributed by atoms with Crippen LogP contribution in [0.3, 0.4) is 0 Å². The second-order valence-electron chi connectivity index (χ2n) is 3.58. The van der Waals surface area contributed by atoms with Gasteiger partial charge in [-0.15, -0.1) is 0 Å². The molecular weight excluding hydrogens is 150 g/mol. The van der Waals surface area contributed by atoms with Gasteiger partial charge in [-0.3, -0.25) is 4.68 Å². The Bertz CT molecular complexity index is 277. The van der Waals surface area contributed by atoms with Gasteiger partial charge in [-0.2, -0.15) is 5.10 Å². The van der Waals surface area contributed by atoms with E-state index in [4.69, 9.17) is 5.73 Å². The summed E-state index contributed by atoms with van der Waals surface area (Å²) in [6.07, 6.45) is 5.49. The average Bonchev–Trinajstić information content (AvgIpc) is 2.47. The molecule has 0 radical (unpaired) electrons. The fourth-order valence-electron chi connectivity index (χ4n) is 1.92. The third-order valence-corrected chi connectivity index (χ3v) is 2.79. The average molecular weight is 165 g/mol. The van der Waals surface area contributed by atoms with E-state index in [9.17, 15) is 0 Å². The SMILES string of the molecule is Cn1ncc2c1C[C@H](CN)CC2. The van der Waals surface area contributed by atoms with Crippen molar-refractivity contribution in [1.82, 2.24) is 9.78 Å². The fourth-order valence-corrected chi connectivity index (χ4v) is 1.92. The minimum absolute atomic E-state index is 0.674. The standard InChI is InChI=1S/C9H15N3/c1-12-9-4-7(5-10)2-3-8(9)6-11-12/h6-7H,2-5,10H2,1H3/t7-/m1/s1. The van der Waals surface area contributed by atoms with Crippen molar-refractivity contribution in [2.75, 3.05) is 6.54 Å². The number of aryl methyl sites for hydroxylation is 2. The largest absolute Gasteiger partial charge is 0.330 e. The molecule has 0 saturated heterocycles. The van der Waals surface area contributed by atoms with E-state index in [0.717, 1.165) is 19.4 Å². The van der Waals surface area contributed by atoms with Crippen LogP contribution in [-0.4, -0.2) is 16.3 Å². The first-order chi connectivity index (χ1) is 5.81. The second-order valence-corrected chi connectivity index (χ2v) is 3.58. The van der Waals surface area contributed by atoms with Gasteiger partial charge in [0.2, 0.25) is 0 Å². The summed E-state index contributed by atoms with van der Waals surface area (Å²) in [6.45, 7) is 0.810. The molecule has 0 amide bonds. The van der Waals surface area contributed by atoms with Gasteiger partial charge in [-0.1, -0.05) is 0 Å². The molecule has 1 atom stereocenters. The van der Waals surface area contributed by atoms with Gasteiger partial charge in [0.1, 0.15) is 0 Å². The Labute approximate surface area is 72.6 Å². The Morgan fingerprint density at radius 1 is 1.75 bits per heavy atom. The van der Waals surface area contributed by atoms with Crippen molar-refractivity contribution in [2.45, 2.75) is 19.3 Å². The smallest absolute Gasteiger partial charge is 0.0524 e. The van der Waals surface area contributed by atoms with Gasteiger partial charge in [-0.05, 0) is 37.3 Å². The Kier molecular flexibility index (Phi) is 1.89. The first kappa shape index (κ1) is 7.80. The van der Waals surface area contributed by atoms with Crippen molar-refractivity contribution in [3.63, 3.8) is 0 Å². The lowest BCUT2D eigenvalue weighted by atomic mass is 9.88. The molecule has 2 rings (SSSR count). The fraction of sp³-hybridized carbons (Fsp3) is 0.667. The van der Waals surface area contributed by atoms with Crippen molar-refractivity contribution in [3.8, 4) is 0 Å². The third-order valence-electron chi connectivity index (χ3n) is 2.79. The van der Waals surface area contributed by atoms with Crippen LogP contribution in [0.5, 0.6) is 0 Å². The highest BCUT2D eigenvalue weighted by atomic mass is 15.3. The number of fused-ring (bicyclic) bond motifs is 1. The summed E-state index contributed by atoms with van der Waals surface area (Å²) in [5.74, 6) is 0.674. The maximum Gasteiger partial charge on any atom is 0.0524 e. The zero-order valence-corrected chi connectivity index (χ0v) is 7.45. The van der Waals surface area contributed by atoms with Gasteiger partial charge >= 0.3 is 0 Å². The van der Waals surface area contributed by atoms with Crippen molar-refractivity contribution in [3.05, 3.63) is 17.5 Å². The lowest BCUT2D eigenvalue weighted by molar-refractivity contribution is 0.452. The monoisotopic (exact) mass is 165 g/mol. The molecule has 3 heteroatoms. The topological polar surface area (TPSA) is 43.8 Å². The Morgan fingerprint density at radius 3 is 3.33 bits per heavy atom. The van der Waals surface area contributed by atoms with Gasteiger partial charge in [0, 0.05) is 12.7 Å². The zero-order chi connectivity index (χ0) is 8.55. The maximum absolute atomic E-state index is 5.65. The lowest BCUT2D eigenvalue weighted by Crippen LogP contribution is -2.23. The molecule has 1 aliphatic carbocycles. The van der Waals surface area contributed by atoms with Crippen molar-refractivity contribution in [1.29, 1.82) is 0 Å². The summed E-state index contributed by atoms with van der Waals surface area (Å²) in [5, 5.41) is 4.24. The minimum atomic E-state index is 0.674. The number of rotatable bonds is 1. The van der Waals surface area contributed by atoms with Crippen molar-refractivity contribution >= 4 is 0 Å². The van der Waals surface area contributed by atoms with E-state index in [-0.39, 0.29) is 0 Å². The molecular formula is C9H15N3. The van der Waals surface area contributed by atoms with Crippen LogP contribution in [0.15, 0.2) is 6.20 Å². The third kappa shape index (κ3) is 1.14. The summed E-state index contributed by atoms with van der Waals surface area (Å²) in [5.41, 5.74) is 8.45. The number of nitrogens with zero attached hydrogens (tertiary/aromatic N) is 2. The van der Waals surface area contributed by atoms with Crippen LogP contribution in [0.2, 0.25) is 0 Å². The highest BCUT2D eigenvalue weighted by Gasteiger charge is 2.20. The highest BCUT2D eigenvalue weighted by molar-refractivity contribution is 5.21. The van der Waals surface area contributed by atoms with Gasteiger partial charge < -0.3 is 5.73 Å². The molecule has 0 unspecified atom stereocenters. The summed E-state index contributed by atoms with van der Waals surface area (Å²) in [6, 6.07) is 0. The lowest BCUT2D eigenvalue weighted by Gasteiger charge is -2.20. The Balaban J connectivity index is 2.26. The number of hydrogen-bond donors (Lipinski definition) is 1. The van der Waals surface area contributed by atoms with Crippen molar-refractivity contribution in [2.24, 2.45) is 18.7 Å². The molecule has 0 saturated carbocycles. The van der Waals surface area contributed by atoms with E-state index in [0.29, 0.717) is 5.92 Å². The first-order valence-electron chi connectivity index (χ1n) is 4.51. The van der Waals surface area contributed by atoms with Crippen LogP contribution in [0, 0.1) is 5.92 Å². The molecule has 3 nitrogen and oxygen atoms in total. The van der Waals surface area contributed by atoms with E-state index in [1.807, 2.05) is 17.9 Å². The molecule has 2 N–H and O–H groups in total. The quantitative estimate of drug-likeness (QED) is 0.658. The van der Waals surface area contributed by atoms with Crippen LogP contribution in [0.1, 0.15) is 17.7 Å². The van der Waals surface area contributed by atoms with Crippen molar-refractivity contribution < 1.29 is 0 Å². The number of hydrogen-bond acceptors (Lipinski definition) is 2. The van der Waals surface area contributed by atoms with E-state index in [1.165, 1.54) is 17.7 Å². The molecule has 12 heavy (non-hydrogen) atoms. The Morgan fingerprint density at radius 2 is 2.58 bits per heavy atom. The Hall–Kier alpha value is -0.830. The van der Waals surface area contributed by atoms with Crippen LogP contribution in [0.25, 0.3) is 0 Å². The zero-order valence-electron chi connectivity index (χ0n) is 7.45. The summed E-state index contributed by atoms with van der Waals surface area (Å²) in [4.78, 5) is 0. The molecule has 0 aliphatic heterocycles. The van der Waals surface area contributed by atoms with Gasteiger partial charge in [-0.25, -0.2) is 0 Å². The highest BCUT2D eigenvalue weighted by Crippen LogP contribution is 2.23. The summed E-state index contributed by atoms with van der Waals surface area (Å²) >= 11 is 0. The molecule has 0 fully saturated rings.